The van der Waals surface area contributed by atoms with E-state index >= 15 is 0 Å². The number of carboxylic acid groups (broad SMARTS) is 1. The summed E-state index contributed by atoms with van der Waals surface area (Å²) in [6, 6.07) is 0. The highest BCUT2D eigenvalue weighted by Crippen LogP contribution is 2.16. The molecule has 3 nitrogen and oxygen atoms in total. The fraction of sp³-hybridized carbons (Fsp3) is 0.792. The lowest BCUT2D eigenvalue weighted by Gasteiger charge is -2.27. The van der Waals surface area contributed by atoms with Crippen molar-refractivity contribution in [2.75, 3.05) is 19.6 Å². The third-order valence-corrected chi connectivity index (χ3v) is 5.11. The molecule has 2 atom stereocenters. The lowest BCUT2D eigenvalue weighted by atomic mass is 9.99. The lowest BCUT2D eigenvalue weighted by molar-refractivity contribution is -0.138. The Bertz CT molecular complexity index is 373. The molecule has 0 saturated heterocycles. The maximum atomic E-state index is 11.2. The van der Waals surface area contributed by atoms with Gasteiger partial charge in [-0.1, -0.05) is 63.8 Å². The molecule has 0 aliphatic rings. The van der Waals surface area contributed by atoms with Crippen LogP contribution >= 0.6 is 0 Å². The van der Waals surface area contributed by atoms with Crippen molar-refractivity contribution >= 4 is 5.97 Å². The molecule has 0 heterocycles. The van der Waals surface area contributed by atoms with Crippen molar-refractivity contribution in [3.63, 3.8) is 0 Å². The summed E-state index contributed by atoms with van der Waals surface area (Å²) in [5, 5.41) is 9.25. The van der Waals surface area contributed by atoms with Crippen molar-refractivity contribution in [3.8, 4) is 0 Å². The van der Waals surface area contributed by atoms with Crippen molar-refractivity contribution in [2.24, 2.45) is 11.8 Å². The van der Waals surface area contributed by atoms with Crippen LogP contribution < -0.4 is 0 Å². The standard InChI is InChI=1S/C24H45NO2/c1-5-7-9-11-13-15-17-22(3)19-25(21-24(26)27)20-23(4)18-16-14-12-10-8-6-2/h5-8,22-23H,9-21H2,1-4H3,(H,26,27)/b7-5+,8-6+. The average Bonchev–Trinajstić information content (AvgIpc) is 2.60. The minimum atomic E-state index is -0.702. The van der Waals surface area contributed by atoms with Crippen LogP contribution in [0.5, 0.6) is 0 Å². The Morgan fingerprint density at radius 1 is 0.815 bits per heavy atom. The van der Waals surface area contributed by atoms with Crippen LogP contribution in [-0.4, -0.2) is 35.6 Å². The van der Waals surface area contributed by atoms with Crippen LogP contribution in [0.25, 0.3) is 0 Å². The van der Waals surface area contributed by atoms with Gasteiger partial charge in [-0.2, -0.15) is 0 Å². The number of hydrogen-bond acceptors (Lipinski definition) is 2. The van der Waals surface area contributed by atoms with Gasteiger partial charge in [-0.3, -0.25) is 9.69 Å². The third-order valence-electron chi connectivity index (χ3n) is 5.11. The summed E-state index contributed by atoms with van der Waals surface area (Å²) in [5.41, 5.74) is 0. The van der Waals surface area contributed by atoms with E-state index in [0.717, 1.165) is 13.1 Å². The molecule has 2 unspecified atom stereocenters. The van der Waals surface area contributed by atoms with Crippen LogP contribution in [0, 0.1) is 11.8 Å². The fourth-order valence-corrected chi connectivity index (χ4v) is 3.66. The van der Waals surface area contributed by atoms with E-state index in [4.69, 9.17) is 0 Å². The Labute approximate surface area is 168 Å². The van der Waals surface area contributed by atoms with Gasteiger partial charge in [0.05, 0.1) is 6.54 Å². The predicted octanol–water partition coefficient (Wildman–Crippen LogP) is 6.70. The van der Waals surface area contributed by atoms with E-state index in [-0.39, 0.29) is 6.54 Å². The summed E-state index contributed by atoms with van der Waals surface area (Å²) in [6.07, 6.45) is 21.1. The molecular formula is C24H45NO2. The van der Waals surface area contributed by atoms with E-state index < -0.39 is 5.97 Å². The molecule has 0 aliphatic carbocycles. The molecule has 0 amide bonds. The minimum absolute atomic E-state index is 0.178. The van der Waals surface area contributed by atoms with Crippen molar-refractivity contribution in [3.05, 3.63) is 24.3 Å². The topological polar surface area (TPSA) is 40.5 Å². The maximum absolute atomic E-state index is 11.2. The Balaban J connectivity index is 4.08. The average molecular weight is 380 g/mol. The minimum Gasteiger partial charge on any atom is -0.480 e. The van der Waals surface area contributed by atoms with Gasteiger partial charge >= 0.3 is 5.97 Å². The smallest absolute Gasteiger partial charge is 0.317 e. The van der Waals surface area contributed by atoms with Crippen LogP contribution in [0.15, 0.2) is 24.3 Å². The summed E-state index contributed by atoms with van der Waals surface area (Å²) in [7, 11) is 0. The third kappa shape index (κ3) is 18.1. The predicted molar refractivity (Wildman–Crippen MR) is 118 cm³/mol. The zero-order valence-corrected chi connectivity index (χ0v) is 18.5. The van der Waals surface area contributed by atoms with E-state index in [2.05, 4.69) is 56.9 Å². The first kappa shape index (κ1) is 25.9. The number of allylic oxidation sites excluding steroid dienone is 4. The SMILES string of the molecule is C/C=C/CCCCCC(C)CN(CC(=O)O)CC(C)CCCCC/C=C/C. The molecule has 0 saturated carbocycles. The number of nitrogens with zero attached hydrogens (tertiary/aromatic N) is 1. The van der Waals surface area contributed by atoms with Gasteiger partial charge in [-0.25, -0.2) is 0 Å². The Kier molecular flexibility index (Phi) is 17.5. The van der Waals surface area contributed by atoms with Crippen LogP contribution in [0.1, 0.15) is 91.9 Å². The summed E-state index contributed by atoms with van der Waals surface area (Å²) < 4.78 is 0. The highest BCUT2D eigenvalue weighted by Gasteiger charge is 2.16. The lowest BCUT2D eigenvalue weighted by Crippen LogP contribution is -2.36. The largest absolute Gasteiger partial charge is 0.480 e. The number of rotatable bonds is 18. The second-order valence-electron chi connectivity index (χ2n) is 8.21. The van der Waals surface area contributed by atoms with E-state index in [0.29, 0.717) is 11.8 Å². The first-order chi connectivity index (χ1) is 13.0. The van der Waals surface area contributed by atoms with Crippen LogP contribution in [0.3, 0.4) is 0 Å². The van der Waals surface area contributed by atoms with E-state index in [1.807, 2.05) is 0 Å². The van der Waals surface area contributed by atoms with Gasteiger partial charge < -0.3 is 5.11 Å². The zero-order chi connectivity index (χ0) is 20.3. The Morgan fingerprint density at radius 3 is 1.63 bits per heavy atom. The van der Waals surface area contributed by atoms with Gasteiger partial charge in [0, 0.05) is 13.1 Å². The molecule has 158 valence electrons. The molecule has 0 bridgehead atoms. The molecule has 0 aromatic heterocycles. The van der Waals surface area contributed by atoms with Crippen LogP contribution in [-0.2, 0) is 4.79 Å². The van der Waals surface area contributed by atoms with Gasteiger partial charge in [0.15, 0.2) is 0 Å². The zero-order valence-electron chi connectivity index (χ0n) is 18.5. The summed E-state index contributed by atoms with van der Waals surface area (Å²) in [6.45, 7) is 10.7. The molecule has 0 fully saturated rings. The summed E-state index contributed by atoms with van der Waals surface area (Å²) in [5.74, 6) is 0.435. The van der Waals surface area contributed by atoms with Crippen LogP contribution in [0.4, 0.5) is 0 Å². The van der Waals surface area contributed by atoms with Gasteiger partial charge in [0.2, 0.25) is 0 Å². The Morgan fingerprint density at radius 2 is 1.26 bits per heavy atom. The molecular weight excluding hydrogens is 334 g/mol. The normalized spacial score (nSPS) is 14.4. The number of aliphatic carboxylic acids is 1. The highest BCUT2D eigenvalue weighted by molar-refractivity contribution is 5.69. The van der Waals surface area contributed by atoms with Crippen molar-refractivity contribution < 1.29 is 9.90 Å². The van der Waals surface area contributed by atoms with Crippen LogP contribution in [0.2, 0.25) is 0 Å². The second kappa shape index (κ2) is 18.3. The quantitative estimate of drug-likeness (QED) is 0.213. The molecule has 3 heteroatoms. The highest BCUT2D eigenvalue weighted by atomic mass is 16.4. The molecule has 0 rings (SSSR count). The van der Waals surface area contributed by atoms with Gasteiger partial charge in [-0.05, 0) is 64.2 Å². The molecule has 0 spiro atoms. The number of hydrogen-bond donors (Lipinski definition) is 1. The van der Waals surface area contributed by atoms with Gasteiger partial charge in [-0.15, -0.1) is 0 Å². The van der Waals surface area contributed by atoms with E-state index in [9.17, 15) is 9.90 Å². The van der Waals surface area contributed by atoms with E-state index in [1.165, 1.54) is 64.2 Å². The van der Waals surface area contributed by atoms with Crippen molar-refractivity contribution in [2.45, 2.75) is 91.9 Å². The Hall–Kier alpha value is -1.09. The molecule has 0 aromatic carbocycles. The molecule has 0 aliphatic heterocycles. The van der Waals surface area contributed by atoms with Crippen molar-refractivity contribution in [1.82, 2.24) is 4.90 Å². The van der Waals surface area contributed by atoms with Crippen molar-refractivity contribution in [1.29, 1.82) is 0 Å². The molecule has 27 heavy (non-hydrogen) atoms. The molecule has 0 radical (unpaired) electrons. The van der Waals surface area contributed by atoms with Gasteiger partial charge in [0.25, 0.3) is 0 Å². The summed E-state index contributed by atoms with van der Waals surface area (Å²) in [4.78, 5) is 13.4. The first-order valence-corrected chi connectivity index (χ1v) is 11.2. The number of carboxylic acids is 1. The molecule has 0 aromatic rings. The van der Waals surface area contributed by atoms with Gasteiger partial charge in [0.1, 0.15) is 0 Å². The summed E-state index contributed by atoms with van der Waals surface area (Å²) >= 11 is 0. The molecule has 1 N–H and O–H groups in total. The fourth-order valence-electron chi connectivity index (χ4n) is 3.66. The first-order valence-electron chi connectivity index (χ1n) is 11.2. The van der Waals surface area contributed by atoms with E-state index in [1.54, 1.807) is 0 Å². The number of carbonyl (C=O) groups is 1. The number of unbranched alkanes of at least 4 members (excludes halogenated alkanes) is 6. The second-order valence-corrected chi connectivity index (χ2v) is 8.21. The maximum Gasteiger partial charge on any atom is 0.317 e. The monoisotopic (exact) mass is 379 g/mol.